The maximum absolute atomic E-state index is 12.2. The van der Waals surface area contributed by atoms with Gasteiger partial charge in [0.25, 0.3) is 5.91 Å². The summed E-state index contributed by atoms with van der Waals surface area (Å²) in [5.41, 5.74) is 1.49. The molecule has 1 aromatic rings. The van der Waals surface area contributed by atoms with E-state index in [4.69, 9.17) is 0 Å². The van der Waals surface area contributed by atoms with Gasteiger partial charge in [-0.25, -0.2) is 0 Å². The Labute approximate surface area is 112 Å². The van der Waals surface area contributed by atoms with Crippen molar-refractivity contribution in [3.05, 3.63) is 24.0 Å². The Morgan fingerprint density at radius 1 is 1.50 bits per heavy atom. The quantitative estimate of drug-likeness (QED) is 0.876. The third-order valence-electron chi connectivity index (χ3n) is 2.99. The number of hydrogen-bond donors (Lipinski definition) is 2. The van der Waals surface area contributed by atoms with Gasteiger partial charge in [-0.1, -0.05) is 0 Å². The van der Waals surface area contributed by atoms with E-state index in [2.05, 4.69) is 15.6 Å². The fourth-order valence-electron chi connectivity index (χ4n) is 2.03. The monoisotopic (exact) mass is 265 g/mol. The smallest absolute Gasteiger partial charge is 0.253 e. The molecule has 2 rings (SSSR count). The van der Waals surface area contributed by atoms with Crippen LogP contribution in [0.4, 0.5) is 5.69 Å². The molecule has 0 saturated carbocycles. The largest absolute Gasteiger partial charge is 0.383 e. The second-order valence-corrected chi connectivity index (χ2v) is 5.54. The van der Waals surface area contributed by atoms with Crippen LogP contribution in [0.3, 0.4) is 0 Å². The summed E-state index contributed by atoms with van der Waals surface area (Å²) in [5.74, 6) is 2.29. The summed E-state index contributed by atoms with van der Waals surface area (Å²) in [6, 6.07) is 2.09. The van der Waals surface area contributed by atoms with E-state index < -0.39 is 0 Å². The zero-order valence-corrected chi connectivity index (χ0v) is 11.4. The third-order valence-corrected chi connectivity index (χ3v) is 4.04. The predicted molar refractivity (Wildman–Crippen MR) is 76.2 cm³/mol. The molecule has 5 heteroatoms. The maximum atomic E-state index is 12.2. The van der Waals surface area contributed by atoms with Crippen LogP contribution in [0.1, 0.15) is 30.1 Å². The number of thioether (sulfide) groups is 1. The average Bonchev–Trinajstić information content (AvgIpc) is 2.41. The van der Waals surface area contributed by atoms with Crippen molar-refractivity contribution < 1.29 is 4.79 Å². The molecule has 0 spiro atoms. The van der Waals surface area contributed by atoms with Gasteiger partial charge in [0.1, 0.15) is 0 Å². The first-order valence-corrected chi connectivity index (χ1v) is 7.53. The van der Waals surface area contributed by atoms with Gasteiger partial charge in [-0.2, -0.15) is 11.8 Å². The predicted octanol–water partition coefficient (Wildman–Crippen LogP) is 2.14. The minimum Gasteiger partial charge on any atom is -0.383 e. The Morgan fingerprint density at radius 2 is 2.28 bits per heavy atom. The molecule has 0 bridgehead atoms. The lowest BCUT2D eigenvalue weighted by atomic mass is 10.1. The van der Waals surface area contributed by atoms with Gasteiger partial charge in [-0.05, 0) is 37.3 Å². The van der Waals surface area contributed by atoms with Crippen LogP contribution in [-0.2, 0) is 0 Å². The molecule has 0 radical (unpaired) electrons. The molecule has 98 valence electrons. The van der Waals surface area contributed by atoms with Crippen LogP contribution in [0.2, 0.25) is 0 Å². The van der Waals surface area contributed by atoms with Gasteiger partial charge >= 0.3 is 0 Å². The number of anilines is 1. The SMILES string of the molecule is CCNc1cnccc1C(=O)NC1CCSCC1. The molecule has 1 fully saturated rings. The highest BCUT2D eigenvalue weighted by Crippen LogP contribution is 2.18. The molecular formula is C13H19N3OS. The van der Waals surface area contributed by atoms with Gasteiger partial charge in [0.15, 0.2) is 0 Å². The van der Waals surface area contributed by atoms with Crippen LogP contribution >= 0.6 is 11.8 Å². The number of carbonyl (C=O) groups is 1. The second kappa shape index (κ2) is 6.64. The number of aromatic nitrogens is 1. The highest BCUT2D eigenvalue weighted by atomic mass is 32.2. The van der Waals surface area contributed by atoms with Gasteiger partial charge in [0.2, 0.25) is 0 Å². The Balaban J connectivity index is 2.03. The Bertz CT molecular complexity index is 405. The number of rotatable bonds is 4. The van der Waals surface area contributed by atoms with Gasteiger partial charge in [-0.15, -0.1) is 0 Å². The summed E-state index contributed by atoms with van der Waals surface area (Å²) in [6.45, 7) is 2.79. The lowest BCUT2D eigenvalue weighted by Gasteiger charge is -2.23. The first kappa shape index (κ1) is 13.2. The minimum absolute atomic E-state index is 0.00486. The highest BCUT2D eigenvalue weighted by Gasteiger charge is 2.18. The lowest BCUT2D eigenvalue weighted by molar-refractivity contribution is 0.0935. The van der Waals surface area contributed by atoms with Crippen molar-refractivity contribution in [2.45, 2.75) is 25.8 Å². The van der Waals surface area contributed by atoms with E-state index in [1.165, 1.54) is 0 Å². The van der Waals surface area contributed by atoms with Gasteiger partial charge in [0.05, 0.1) is 17.4 Å². The molecule has 1 saturated heterocycles. The van der Waals surface area contributed by atoms with Crippen molar-refractivity contribution >= 4 is 23.4 Å². The molecule has 1 aromatic heterocycles. The van der Waals surface area contributed by atoms with Crippen molar-refractivity contribution in [1.82, 2.24) is 10.3 Å². The van der Waals surface area contributed by atoms with Crippen LogP contribution in [0.5, 0.6) is 0 Å². The van der Waals surface area contributed by atoms with E-state index in [1.807, 2.05) is 18.7 Å². The molecule has 4 nitrogen and oxygen atoms in total. The van der Waals surface area contributed by atoms with Crippen molar-refractivity contribution in [1.29, 1.82) is 0 Å². The normalized spacial score (nSPS) is 16.3. The first-order chi connectivity index (χ1) is 8.81. The number of pyridine rings is 1. The van der Waals surface area contributed by atoms with Gasteiger partial charge in [0, 0.05) is 18.8 Å². The standard InChI is InChI=1S/C13H19N3OS/c1-2-15-12-9-14-6-3-11(12)13(17)16-10-4-7-18-8-5-10/h3,6,9-10,15H,2,4-5,7-8H2,1H3,(H,16,17). The summed E-state index contributed by atoms with van der Waals surface area (Å²) in [6.07, 6.45) is 5.50. The number of amides is 1. The Hall–Kier alpha value is -1.23. The molecular weight excluding hydrogens is 246 g/mol. The molecule has 18 heavy (non-hydrogen) atoms. The summed E-state index contributed by atoms with van der Waals surface area (Å²) in [5, 5.41) is 6.28. The van der Waals surface area contributed by atoms with Crippen molar-refractivity contribution in [2.75, 3.05) is 23.4 Å². The van der Waals surface area contributed by atoms with Crippen LogP contribution in [0.15, 0.2) is 18.5 Å². The summed E-state index contributed by atoms with van der Waals surface area (Å²) in [4.78, 5) is 16.3. The molecule has 0 atom stereocenters. The number of nitrogens with zero attached hydrogens (tertiary/aromatic N) is 1. The maximum Gasteiger partial charge on any atom is 0.253 e. The van der Waals surface area contributed by atoms with Crippen molar-refractivity contribution in [2.24, 2.45) is 0 Å². The van der Waals surface area contributed by atoms with Crippen molar-refractivity contribution in [3.63, 3.8) is 0 Å². The van der Waals surface area contributed by atoms with E-state index in [0.717, 1.165) is 36.6 Å². The second-order valence-electron chi connectivity index (χ2n) is 4.31. The van der Waals surface area contributed by atoms with E-state index in [0.29, 0.717) is 11.6 Å². The summed E-state index contributed by atoms with van der Waals surface area (Å²) in [7, 11) is 0. The van der Waals surface area contributed by atoms with E-state index in [1.54, 1.807) is 18.5 Å². The fraction of sp³-hybridized carbons (Fsp3) is 0.538. The van der Waals surface area contributed by atoms with Crippen LogP contribution < -0.4 is 10.6 Å². The van der Waals surface area contributed by atoms with Crippen LogP contribution in [0.25, 0.3) is 0 Å². The zero-order chi connectivity index (χ0) is 12.8. The van der Waals surface area contributed by atoms with Gasteiger partial charge in [-0.3, -0.25) is 9.78 Å². The molecule has 1 aliphatic rings. The highest BCUT2D eigenvalue weighted by molar-refractivity contribution is 7.99. The molecule has 1 aliphatic heterocycles. The number of nitrogens with one attached hydrogen (secondary N) is 2. The van der Waals surface area contributed by atoms with E-state index in [-0.39, 0.29) is 5.91 Å². The van der Waals surface area contributed by atoms with E-state index >= 15 is 0 Å². The molecule has 2 N–H and O–H groups in total. The molecule has 1 amide bonds. The Morgan fingerprint density at radius 3 is 3.00 bits per heavy atom. The summed E-state index contributed by atoms with van der Waals surface area (Å²) < 4.78 is 0. The Kier molecular flexibility index (Phi) is 4.87. The molecule has 0 aromatic carbocycles. The fourth-order valence-corrected chi connectivity index (χ4v) is 3.14. The van der Waals surface area contributed by atoms with Gasteiger partial charge < -0.3 is 10.6 Å². The summed E-state index contributed by atoms with van der Waals surface area (Å²) >= 11 is 1.96. The molecule has 0 unspecified atom stereocenters. The van der Waals surface area contributed by atoms with E-state index in [9.17, 15) is 4.79 Å². The first-order valence-electron chi connectivity index (χ1n) is 6.37. The molecule has 0 aliphatic carbocycles. The number of hydrogen-bond acceptors (Lipinski definition) is 4. The third kappa shape index (κ3) is 3.38. The average molecular weight is 265 g/mol. The molecule has 2 heterocycles. The van der Waals surface area contributed by atoms with Crippen molar-refractivity contribution in [3.8, 4) is 0 Å². The van der Waals surface area contributed by atoms with Crippen LogP contribution in [-0.4, -0.2) is 35.0 Å². The number of carbonyl (C=O) groups excluding carboxylic acids is 1. The zero-order valence-electron chi connectivity index (χ0n) is 10.6. The lowest BCUT2D eigenvalue weighted by Crippen LogP contribution is -2.37. The topological polar surface area (TPSA) is 54.0 Å². The minimum atomic E-state index is 0.00486. The van der Waals surface area contributed by atoms with Crippen LogP contribution in [0, 0.1) is 0 Å².